The summed E-state index contributed by atoms with van der Waals surface area (Å²) in [6, 6.07) is 21.0. The first-order chi connectivity index (χ1) is 12.8. The van der Waals surface area contributed by atoms with E-state index in [1.165, 1.54) is 0 Å². The van der Waals surface area contributed by atoms with Crippen molar-refractivity contribution in [3.63, 3.8) is 0 Å². The van der Waals surface area contributed by atoms with Crippen LogP contribution in [-0.4, -0.2) is 54.3 Å². The lowest BCUT2D eigenvalue weighted by Crippen LogP contribution is -2.47. The van der Waals surface area contributed by atoms with Crippen LogP contribution in [0.1, 0.15) is 0 Å². The molecule has 1 aliphatic rings. The summed E-state index contributed by atoms with van der Waals surface area (Å²) in [4.78, 5) is 9.29. The van der Waals surface area contributed by atoms with Crippen LogP contribution in [0.5, 0.6) is 0 Å². The van der Waals surface area contributed by atoms with Gasteiger partial charge in [0.1, 0.15) is 5.69 Å². The number of aromatic nitrogens is 1. The van der Waals surface area contributed by atoms with Crippen LogP contribution in [-0.2, 0) is 0 Å². The lowest BCUT2D eigenvalue weighted by Gasteiger charge is -2.33. The highest BCUT2D eigenvalue weighted by molar-refractivity contribution is 5.78. The zero-order valence-corrected chi connectivity index (χ0v) is 14.7. The first-order valence-electron chi connectivity index (χ1n) is 9.05. The molecule has 0 amide bonds. The molecular formula is C21H23N3O2. The molecule has 0 bridgehead atoms. The van der Waals surface area contributed by atoms with Crippen LogP contribution in [0.25, 0.3) is 22.6 Å². The molecule has 26 heavy (non-hydrogen) atoms. The largest absolute Gasteiger partial charge is 0.423 e. The Hall–Kier alpha value is -2.63. The number of nitrogens with zero attached hydrogens (tertiary/aromatic N) is 3. The van der Waals surface area contributed by atoms with E-state index in [4.69, 9.17) is 14.5 Å². The average Bonchev–Trinajstić information content (AvgIpc) is 3.16. The van der Waals surface area contributed by atoms with Crippen LogP contribution in [0.15, 0.2) is 65.1 Å². The average molecular weight is 349 g/mol. The molecule has 5 nitrogen and oxygen atoms in total. The van der Waals surface area contributed by atoms with Gasteiger partial charge >= 0.3 is 0 Å². The summed E-state index contributed by atoms with van der Waals surface area (Å²) in [6.07, 6.45) is 0. The molecule has 4 rings (SSSR count). The van der Waals surface area contributed by atoms with Gasteiger partial charge in [-0.25, -0.2) is 0 Å². The van der Waals surface area contributed by atoms with E-state index < -0.39 is 0 Å². The Balaban J connectivity index is 1.66. The van der Waals surface area contributed by atoms with Crippen molar-refractivity contribution < 1.29 is 9.52 Å². The third kappa shape index (κ3) is 3.49. The van der Waals surface area contributed by atoms with Crippen molar-refractivity contribution >= 4 is 6.01 Å². The maximum atomic E-state index is 9.11. The van der Waals surface area contributed by atoms with Crippen molar-refractivity contribution in [2.75, 3.05) is 44.2 Å². The molecular weight excluding hydrogens is 326 g/mol. The molecule has 0 saturated carbocycles. The molecule has 2 aromatic carbocycles. The molecule has 0 unspecified atom stereocenters. The molecule has 5 heteroatoms. The first kappa shape index (κ1) is 16.8. The Morgan fingerprint density at radius 3 is 2.08 bits per heavy atom. The van der Waals surface area contributed by atoms with E-state index in [0.29, 0.717) is 6.01 Å². The summed E-state index contributed by atoms with van der Waals surface area (Å²) in [7, 11) is 0. The monoisotopic (exact) mass is 349 g/mol. The Bertz CT molecular complexity index is 768. The minimum Gasteiger partial charge on any atom is -0.423 e. The zero-order valence-electron chi connectivity index (χ0n) is 14.7. The number of aliphatic hydroxyl groups is 1. The second-order valence-electron chi connectivity index (χ2n) is 6.46. The Labute approximate surface area is 153 Å². The Morgan fingerprint density at radius 2 is 1.46 bits per heavy atom. The quantitative estimate of drug-likeness (QED) is 0.767. The van der Waals surface area contributed by atoms with Gasteiger partial charge in [-0.3, -0.25) is 4.90 Å². The number of β-amino-alcohol motifs (C(OH)–C–C–N with tert-alkyl or cyclic N) is 1. The SMILES string of the molecule is OCCN1CCN(c2nc(-c3ccccc3)c(-c3ccccc3)o2)CC1. The van der Waals surface area contributed by atoms with Gasteiger partial charge in [-0.15, -0.1) is 0 Å². The number of hydrogen-bond donors (Lipinski definition) is 1. The molecule has 0 spiro atoms. The number of piperazine rings is 1. The van der Waals surface area contributed by atoms with Gasteiger partial charge in [0.25, 0.3) is 6.01 Å². The van der Waals surface area contributed by atoms with E-state index in [0.717, 1.165) is 55.3 Å². The van der Waals surface area contributed by atoms with Gasteiger partial charge in [-0.1, -0.05) is 60.7 Å². The van der Waals surface area contributed by atoms with E-state index in [1.807, 2.05) is 36.4 Å². The van der Waals surface area contributed by atoms with Gasteiger partial charge in [0.05, 0.1) is 6.61 Å². The summed E-state index contributed by atoms with van der Waals surface area (Å²) in [5, 5.41) is 9.11. The molecule has 0 aliphatic carbocycles. The minimum atomic E-state index is 0.204. The molecule has 0 atom stereocenters. The maximum Gasteiger partial charge on any atom is 0.298 e. The predicted molar refractivity (Wildman–Crippen MR) is 103 cm³/mol. The van der Waals surface area contributed by atoms with Crippen molar-refractivity contribution in [3.8, 4) is 22.6 Å². The van der Waals surface area contributed by atoms with Crippen LogP contribution in [0.2, 0.25) is 0 Å². The van der Waals surface area contributed by atoms with Gasteiger partial charge in [-0.2, -0.15) is 4.98 Å². The van der Waals surface area contributed by atoms with Gasteiger partial charge in [0.2, 0.25) is 0 Å². The number of aliphatic hydroxyl groups excluding tert-OH is 1. The standard InChI is InChI=1S/C21H23N3O2/c25-16-15-23-11-13-24(14-12-23)21-22-19(17-7-3-1-4-8-17)20(26-21)18-9-5-2-6-10-18/h1-10,25H,11-16H2. The number of oxazole rings is 1. The van der Waals surface area contributed by atoms with Gasteiger partial charge in [-0.05, 0) is 0 Å². The maximum absolute atomic E-state index is 9.11. The summed E-state index contributed by atoms with van der Waals surface area (Å²) in [5.74, 6) is 0.810. The van der Waals surface area contributed by atoms with Crippen molar-refractivity contribution in [2.24, 2.45) is 0 Å². The van der Waals surface area contributed by atoms with Crippen molar-refractivity contribution in [1.29, 1.82) is 0 Å². The second-order valence-corrected chi connectivity index (χ2v) is 6.46. The summed E-state index contributed by atoms with van der Waals surface area (Å²) in [6.45, 7) is 4.44. The van der Waals surface area contributed by atoms with Crippen LogP contribution in [0, 0.1) is 0 Å². The molecule has 1 fully saturated rings. The fraction of sp³-hybridized carbons (Fsp3) is 0.286. The van der Waals surface area contributed by atoms with Crippen LogP contribution >= 0.6 is 0 Å². The summed E-state index contributed by atoms with van der Waals surface area (Å²) in [5.41, 5.74) is 2.97. The molecule has 1 N–H and O–H groups in total. The first-order valence-corrected chi connectivity index (χ1v) is 9.05. The van der Waals surface area contributed by atoms with E-state index in [1.54, 1.807) is 0 Å². The highest BCUT2D eigenvalue weighted by atomic mass is 16.4. The number of hydrogen-bond acceptors (Lipinski definition) is 5. The van der Waals surface area contributed by atoms with Gasteiger partial charge in [0.15, 0.2) is 5.76 Å². The van der Waals surface area contributed by atoms with Crippen LogP contribution < -0.4 is 4.90 Å². The van der Waals surface area contributed by atoms with E-state index >= 15 is 0 Å². The van der Waals surface area contributed by atoms with Crippen LogP contribution in [0.3, 0.4) is 0 Å². The smallest absolute Gasteiger partial charge is 0.298 e. The molecule has 0 radical (unpaired) electrons. The number of benzene rings is 2. The number of anilines is 1. The zero-order chi connectivity index (χ0) is 17.8. The fourth-order valence-corrected chi connectivity index (χ4v) is 3.33. The molecule has 1 saturated heterocycles. The van der Waals surface area contributed by atoms with Gasteiger partial charge < -0.3 is 14.4 Å². The molecule has 3 aromatic rings. The highest BCUT2D eigenvalue weighted by Gasteiger charge is 2.24. The highest BCUT2D eigenvalue weighted by Crippen LogP contribution is 2.35. The lowest BCUT2D eigenvalue weighted by atomic mass is 10.1. The van der Waals surface area contributed by atoms with Crippen molar-refractivity contribution in [1.82, 2.24) is 9.88 Å². The molecule has 134 valence electrons. The third-order valence-corrected chi connectivity index (χ3v) is 4.76. The van der Waals surface area contributed by atoms with Crippen molar-refractivity contribution in [2.45, 2.75) is 0 Å². The third-order valence-electron chi connectivity index (χ3n) is 4.76. The fourth-order valence-electron chi connectivity index (χ4n) is 3.33. The second kappa shape index (κ2) is 7.72. The van der Waals surface area contributed by atoms with Crippen LogP contribution in [0.4, 0.5) is 6.01 Å². The predicted octanol–water partition coefficient (Wildman–Crippen LogP) is 3.12. The molecule has 1 aliphatic heterocycles. The topological polar surface area (TPSA) is 52.7 Å². The van der Waals surface area contributed by atoms with Crippen molar-refractivity contribution in [3.05, 3.63) is 60.7 Å². The number of rotatable bonds is 5. The summed E-state index contributed by atoms with van der Waals surface area (Å²) < 4.78 is 6.24. The minimum absolute atomic E-state index is 0.204. The molecule has 1 aromatic heterocycles. The van der Waals surface area contributed by atoms with E-state index in [-0.39, 0.29) is 6.61 Å². The Kier molecular flexibility index (Phi) is 5.00. The summed E-state index contributed by atoms with van der Waals surface area (Å²) >= 11 is 0. The Morgan fingerprint density at radius 1 is 0.846 bits per heavy atom. The molecule has 2 heterocycles. The van der Waals surface area contributed by atoms with Gasteiger partial charge in [0, 0.05) is 43.9 Å². The lowest BCUT2D eigenvalue weighted by molar-refractivity contribution is 0.187. The van der Waals surface area contributed by atoms with E-state index in [9.17, 15) is 0 Å². The van der Waals surface area contributed by atoms with E-state index in [2.05, 4.69) is 34.1 Å². The normalized spacial score (nSPS) is 15.3.